The molecule has 4 aromatic heterocycles. The predicted molar refractivity (Wildman–Crippen MR) is 114 cm³/mol. The number of hydrogen-bond donors (Lipinski definition) is 0. The highest BCUT2D eigenvalue weighted by Gasteiger charge is 2.26. The summed E-state index contributed by atoms with van der Waals surface area (Å²) in [4.78, 5) is 23.5. The number of pyridine rings is 2. The van der Waals surface area contributed by atoms with Crippen molar-refractivity contribution in [1.29, 1.82) is 0 Å². The molecular formula is C23H24N6O. The molecule has 0 atom stereocenters. The van der Waals surface area contributed by atoms with Crippen LogP contribution in [0.4, 0.5) is 0 Å². The number of piperidine rings is 1. The van der Waals surface area contributed by atoms with Crippen molar-refractivity contribution in [2.75, 3.05) is 13.1 Å². The molecule has 0 bridgehead atoms. The van der Waals surface area contributed by atoms with Crippen molar-refractivity contribution in [3.8, 4) is 11.1 Å². The van der Waals surface area contributed by atoms with E-state index in [-0.39, 0.29) is 5.91 Å². The van der Waals surface area contributed by atoms with Crippen LogP contribution in [0, 0.1) is 6.92 Å². The van der Waals surface area contributed by atoms with Gasteiger partial charge in [-0.3, -0.25) is 14.5 Å². The fourth-order valence-electron chi connectivity index (χ4n) is 4.43. The molecule has 0 spiro atoms. The first-order valence-corrected chi connectivity index (χ1v) is 10.3. The van der Waals surface area contributed by atoms with Crippen molar-refractivity contribution in [1.82, 2.24) is 29.0 Å². The molecule has 0 saturated carbocycles. The first kappa shape index (κ1) is 18.5. The summed E-state index contributed by atoms with van der Waals surface area (Å²) in [5.41, 5.74) is 6.43. The van der Waals surface area contributed by atoms with Gasteiger partial charge in [0, 0.05) is 68.4 Å². The minimum Gasteiger partial charge on any atom is -0.339 e. The number of aryl methyl sites for hydroxylation is 1. The highest BCUT2D eigenvalue weighted by molar-refractivity contribution is 5.93. The topological polar surface area (TPSA) is 68.3 Å². The fourth-order valence-corrected chi connectivity index (χ4v) is 4.43. The summed E-state index contributed by atoms with van der Waals surface area (Å²) in [6.45, 7) is 3.68. The highest BCUT2D eigenvalue weighted by atomic mass is 16.2. The van der Waals surface area contributed by atoms with E-state index in [1.165, 1.54) is 11.1 Å². The lowest BCUT2D eigenvalue weighted by Gasteiger charge is -2.32. The van der Waals surface area contributed by atoms with Gasteiger partial charge in [-0.05, 0) is 48.9 Å². The molecule has 5 rings (SSSR count). The second-order valence-electron chi connectivity index (χ2n) is 7.98. The molecule has 0 unspecified atom stereocenters. The van der Waals surface area contributed by atoms with Crippen LogP contribution in [0.3, 0.4) is 0 Å². The zero-order chi connectivity index (χ0) is 20.7. The molecule has 1 saturated heterocycles. The number of likely N-dealkylation sites (tertiary alicyclic amines) is 1. The van der Waals surface area contributed by atoms with E-state index in [0.717, 1.165) is 42.7 Å². The molecule has 7 nitrogen and oxygen atoms in total. The molecule has 5 heterocycles. The van der Waals surface area contributed by atoms with Gasteiger partial charge in [0.15, 0.2) is 0 Å². The van der Waals surface area contributed by atoms with Crippen LogP contribution in [0.15, 0.2) is 55.5 Å². The number of carbonyl (C=O) groups excluding carboxylic acids is 1. The number of rotatable bonds is 3. The molecule has 30 heavy (non-hydrogen) atoms. The fraction of sp³-hybridized carbons (Fsp3) is 0.304. The standard InChI is InChI=1S/C23H24N6O/c1-16-20(12-24-13-21(16)18-3-4-22-25-7-10-29(22)15-18)17-5-8-28(9-6-17)23(30)19-11-26-27(2)14-19/h3-4,7,10-15,17H,5-6,8-9H2,1-2H3. The Hall–Kier alpha value is -3.48. The van der Waals surface area contributed by atoms with Gasteiger partial charge in [-0.2, -0.15) is 5.10 Å². The van der Waals surface area contributed by atoms with Crippen LogP contribution >= 0.6 is 0 Å². The van der Waals surface area contributed by atoms with Gasteiger partial charge in [0.25, 0.3) is 5.91 Å². The smallest absolute Gasteiger partial charge is 0.257 e. The van der Waals surface area contributed by atoms with E-state index < -0.39 is 0 Å². The summed E-state index contributed by atoms with van der Waals surface area (Å²) in [5.74, 6) is 0.478. The molecule has 4 aromatic rings. The predicted octanol–water partition coefficient (Wildman–Crippen LogP) is 3.46. The zero-order valence-electron chi connectivity index (χ0n) is 17.2. The van der Waals surface area contributed by atoms with E-state index in [2.05, 4.69) is 34.3 Å². The number of carbonyl (C=O) groups is 1. The van der Waals surface area contributed by atoms with Crippen LogP contribution in [-0.4, -0.2) is 48.0 Å². The first-order chi connectivity index (χ1) is 14.6. The van der Waals surface area contributed by atoms with Gasteiger partial charge in [0.2, 0.25) is 0 Å². The van der Waals surface area contributed by atoms with Crippen molar-refractivity contribution < 1.29 is 4.79 Å². The van der Waals surface area contributed by atoms with Gasteiger partial charge in [-0.25, -0.2) is 4.98 Å². The summed E-state index contributed by atoms with van der Waals surface area (Å²) < 4.78 is 3.70. The Kier molecular flexibility index (Phi) is 4.58. The Labute approximate surface area is 175 Å². The molecule has 1 aliphatic heterocycles. The third-order valence-electron chi connectivity index (χ3n) is 6.13. The zero-order valence-corrected chi connectivity index (χ0v) is 17.2. The second kappa shape index (κ2) is 7.40. The van der Waals surface area contributed by atoms with Crippen LogP contribution < -0.4 is 0 Å². The van der Waals surface area contributed by atoms with Gasteiger partial charge >= 0.3 is 0 Å². The number of hydrogen-bond acceptors (Lipinski definition) is 4. The summed E-state index contributed by atoms with van der Waals surface area (Å²) >= 11 is 0. The normalized spacial score (nSPS) is 15.1. The maximum atomic E-state index is 12.7. The van der Waals surface area contributed by atoms with Crippen LogP contribution in [0.1, 0.15) is 40.2 Å². The summed E-state index contributed by atoms with van der Waals surface area (Å²) in [7, 11) is 1.83. The molecule has 1 aliphatic rings. The Morgan fingerprint density at radius 3 is 2.70 bits per heavy atom. The summed E-state index contributed by atoms with van der Waals surface area (Å²) in [6.07, 6.45) is 15.1. The van der Waals surface area contributed by atoms with Crippen LogP contribution in [0.2, 0.25) is 0 Å². The van der Waals surface area contributed by atoms with Crippen LogP contribution in [0.25, 0.3) is 16.8 Å². The van der Waals surface area contributed by atoms with E-state index in [1.807, 2.05) is 41.0 Å². The van der Waals surface area contributed by atoms with Crippen molar-refractivity contribution in [2.45, 2.75) is 25.7 Å². The number of aromatic nitrogens is 5. The van der Waals surface area contributed by atoms with Gasteiger partial charge in [-0.15, -0.1) is 0 Å². The molecule has 1 fully saturated rings. The lowest BCUT2D eigenvalue weighted by molar-refractivity contribution is 0.0713. The molecular weight excluding hydrogens is 376 g/mol. The molecule has 0 radical (unpaired) electrons. The Balaban J connectivity index is 1.35. The number of imidazole rings is 1. The summed E-state index contributed by atoms with van der Waals surface area (Å²) in [5, 5.41) is 4.12. The molecule has 0 aromatic carbocycles. The lowest BCUT2D eigenvalue weighted by atomic mass is 9.86. The van der Waals surface area contributed by atoms with Gasteiger partial charge in [0.05, 0.1) is 11.8 Å². The first-order valence-electron chi connectivity index (χ1n) is 10.3. The van der Waals surface area contributed by atoms with Crippen molar-refractivity contribution in [2.24, 2.45) is 7.05 Å². The summed E-state index contributed by atoms with van der Waals surface area (Å²) in [6, 6.07) is 4.13. The largest absolute Gasteiger partial charge is 0.339 e. The van der Waals surface area contributed by atoms with Crippen molar-refractivity contribution in [3.63, 3.8) is 0 Å². The van der Waals surface area contributed by atoms with Gasteiger partial charge in [0.1, 0.15) is 5.65 Å². The van der Waals surface area contributed by atoms with E-state index in [9.17, 15) is 4.79 Å². The third-order valence-corrected chi connectivity index (χ3v) is 6.13. The van der Waals surface area contributed by atoms with Gasteiger partial charge in [-0.1, -0.05) is 0 Å². The SMILES string of the molecule is Cc1c(-c2ccc3nccn3c2)cncc1C1CCN(C(=O)c2cnn(C)c2)CC1. The van der Waals surface area contributed by atoms with E-state index in [1.54, 1.807) is 23.3 Å². The van der Waals surface area contributed by atoms with E-state index >= 15 is 0 Å². The molecule has 0 aliphatic carbocycles. The maximum Gasteiger partial charge on any atom is 0.257 e. The van der Waals surface area contributed by atoms with Crippen LogP contribution in [0.5, 0.6) is 0 Å². The Bertz CT molecular complexity index is 1220. The highest BCUT2D eigenvalue weighted by Crippen LogP contribution is 2.34. The van der Waals surface area contributed by atoms with E-state index in [4.69, 9.17) is 0 Å². The molecule has 0 N–H and O–H groups in total. The monoisotopic (exact) mass is 400 g/mol. The van der Waals surface area contributed by atoms with Gasteiger partial charge < -0.3 is 9.30 Å². The number of amides is 1. The lowest BCUT2D eigenvalue weighted by Crippen LogP contribution is -2.38. The van der Waals surface area contributed by atoms with E-state index in [0.29, 0.717) is 11.5 Å². The Morgan fingerprint density at radius 1 is 1.10 bits per heavy atom. The molecule has 7 heteroatoms. The van der Waals surface area contributed by atoms with Crippen molar-refractivity contribution >= 4 is 11.6 Å². The second-order valence-corrected chi connectivity index (χ2v) is 7.98. The third kappa shape index (κ3) is 3.26. The number of nitrogens with zero attached hydrogens (tertiary/aromatic N) is 6. The molecule has 152 valence electrons. The quantitative estimate of drug-likeness (QED) is 0.528. The maximum absolute atomic E-state index is 12.7. The van der Waals surface area contributed by atoms with Crippen LogP contribution in [-0.2, 0) is 7.05 Å². The average Bonchev–Trinajstić information content (AvgIpc) is 3.42. The minimum atomic E-state index is 0.0683. The average molecular weight is 400 g/mol. The number of fused-ring (bicyclic) bond motifs is 1. The molecule has 1 amide bonds. The van der Waals surface area contributed by atoms with Crippen molar-refractivity contribution in [3.05, 3.63) is 72.2 Å². The Morgan fingerprint density at radius 2 is 1.93 bits per heavy atom. The minimum absolute atomic E-state index is 0.0683.